The van der Waals surface area contributed by atoms with Crippen LogP contribution in [-0.2, 0) is 17.8 Å². The third-order valence-corrected chi connectivity index (χ3v) is 5.61. The molecule has 0 bridgehead atoms. The molecule has 0 saturated carbocycles. The molecule has 0 radical (unpaired) electrons. The number of hydrogen-bond acceptors (Lipinski definition) is 5. The second kappa shape index (κ2) is 13.8. The van der Waals surface area contributed by atoms with Crippen LogP contribution in [0, 0.1) is 5.92 Å². The topological polar surface area (TPSA) is 110 Å². The van der Waals surface area contributed by atoms with E-state index in [2.05, 4.69) is 17.4 Å². The molecule has 2 rings (SSSR count). The van der Waals surface area contributed by atoms with Gasteiger partial charge in [-0.05, 0) is 61.9 Å². The molecule has 5 N–H and O–H groups in total. The Labute approximate surface area is 184 Å². The molecule has 2 unspecified atom stereocenters. The predicted molar refractivity (Wildman–Crippen MR) is 121 cm³/mol. The number of carboxylic acids is 1. The molecule has 0 amide bonds. The van der Waals surface area contributed by atoms with Crippen LogP contribution in [0.15, 0.2) is 48.5 Å². The Morgan fingerprint density at radius 2 is 1.68 bits per heavy atom. The maximum Gasteiger partial charge on any atom is 0.306 e. The van der Waals surface area contributed by atoms with E-state index < -0.39 is 12.1 Å². The second-order valence-corrected chi connectivity index (χ2v) is 8.03. The lowest BCUT2D eigenvalue weighted by molar-refractivity contribution is -0.142. The molecule has 0 spiro atoms. The van der Waals surface area contributed by atoms with Crippen LogP contribution in [0.3, 0.4) is 0 Å². The van der Waals surface area contributed by atoms with Gasteiger partial charge in [-0.3, -0.25) is 4.79 Å². The Morgan fingerprint density at radius 1 is 0.968 bits per heavy atom. The van der Waals surface area contributed by atoms with Crippen molar-refractivity contribution in [1.82, 2.24) is 5.32 Å². The number of hydrogen-bond donors (Lipinski definition) is 5. The van der Waals surface area contributed by atoms with Crippen LogP contribution in [0.4, 0.5) is 0 Å². The first-order valence-corrected chi connectivity index (χ1v) is 11.1. The van der Waals surface area contributed by atoms with Gasteiger partial charge in [-0.25, -0.2) is 0 Å². The summed E-state index contributed by atoms with van der Waals surface area (Å²) in [6.07, 6.45) is 5.22. The minimum Gasteiger partial charge on any atom is -0.508 e. The van der Waals surface area contributed by atoms with E-state index in [1.54, 1.807) is 12.1 Å². The molecule has 170 valence electrons. The van der Waals surface area contributed by atoms with Crippen molar-refractivity contribution >= 4 is 5.97 Å². The quantitative estimate of drug-likeness (QED) is 0.276. The largest absolute Gasteiger partial charge is 0.508 e. The van der Waals surface area contributed by atoms with E-state index in [0.717, 1.165) is 32.1 Å². The molecular formula is C25H35NO5. The Kier molecular flexibility index (Phi) is 11.1. The van der Waals surface area contributed by atoms with Crippen molar-refractivity contribution in [1.29, 1.82) is 0 Å². The normalized spacial score (nSPS) is 13.1. The van der Waals surface area contributed by atoms with E-state index >= 15 is 0 Å². The van der Waals surface area contributed by atoms with Gasteiger partial charge in [-0.15, -0.1) is 0 Å². The molecule has 2 aromatic carbocycles. The smallest absolute Gasteiger partial charge is 0.306 e. The molecular weight excluding hydrogens is 394 g/mol. The van der Waals surface area contributed by atoms with Gasteiger partial charge >= 0.3 is 5.97 Å². The SMILES string of the molecule is O=C(O)C(CCCCNCC(O)c1ccc(O)c(CO)c1)CCCCc1ccccc1. The van der Waals surface area contributed by atoms with Gasteiger partial charge in [-0.1, -0.05) is 49.2 Å². The summed E-state index contributed by atoms with van der Waals surface area (Å²) in [5.74, 6) is -0.996. The number of aliphatic hydroxyl groups is 2. The summed E-state index contributed by atoms with van der Waals surface area (Å²) in [6, 6.07) is 15.0. The van der Waals surface area contributed by atoms with Crippen LogP contribution in [0.1, 0.15) is 61.3 Å². The first-order chi connectivity index (χ1) is 15.0. The third kappa shape index (κ3) is 9.09. The molecule has 0 aliphatic carbocycles. The summed E-state index contributed by atoms with van der Waals surface area (Å²) >= 11 is 0. The Hall–Kier alpha value is -2.41. The Balaban J connectivity index is 1.59. The number of aliphatic carboxylic acids is 1. The number of phenols is 1. The summed E-state index contributed by atoms with van der Waals surface area (Å²) in [6.45, 7) is 0.774. The Bertz CT molecular complexity index is 781. The molecule has 0 aliphatic heterocycles. The van der Waals surface area contributed by atoms with Crippen LogP contribution in [0.5, 0.6) is 5.75 Å². The number of aromatic hydroxyl groups is 1. The number of unbranched alkanes of at least 4 members (excludes halogenated alkanes) is 2. The summed E-state index contributed by atoms with van der Waals surface area (Å²) in [5.41, 5.74) is 2.32. The van der Waals surface area contributed by atoms with E-state index in [0.29, 0.717) is 37.1 Å². The van der Waals surface area contributed by atoms with Crippen LogP contribution >= 0.6 is 0 Å². The molecule has 0 aromatic heterocycles. The molecule has 2 aromatic rings. The van der Waals surface area contributed by atoms with Gasteiger partial charge in [0.2, 0.25) is 0 Å². The molecule has 0 saturated heterocycles. The number of aliphatic hydroxyl groups excluding tert-OH is 2. The fourth-order valence-electron chi connectivity index (χ4n) is 3.69. The van der Waals surface area contributed by atoms with Gasteiger partial charge in [0, 0.05) is 12.1 Å². The van der Waals surface area contributed by atoms with Crippen molar-refractivity contribution in [3.63, 3.8) is 0 Å². The number of carboxylic acid groups (broad SMARTS) is 1. The van der Waals surface area contributed by atoms with E-state index in [-0.39, 0.29) is 18.3 Å². The maximum absolute atomic E-state index is 11.5. The monoisotopic (exact) mass is 429 g/mol. The zero-order valence-electron chi connectivity index (χ0n) is 18.0. The summed E-state index contributed by atoms with van der Waals surface area (Å²) in [5, 5.41) is 41.7. The minimum absolute atomic E-state index is 0.0134. The van der Waals surface area contributed by atoms with E-state index in [4.69, 9.17) is 0 Å². The van der Waals surface area contributed by atoms with Crippen molar-refractivity contribution < 1.29 is 25.2 Å². The number of rotatable bonds is 15. The molecule has 0 heterocycles. The van der Waals surface area contributed by atoms with Crippen molar-refractivity contribution in [2.75, 3.05) is 13.1 Å². The minimum atomic E-state index is -0.734. The lowest BCUT2D eigenvalue weighted by Gasteiger charge is -2.15. The second-order valence-electron chi connectivity index (χ2n) is 8.03. The zero-order chi connectivity index (χ0) is 22.5. The van der Waals surface area contributed by atoms with Crippen molar-refractivity contribution in [3.8, 4) is 5.75 Å². The molecule has 6 nitrogen and oxygen atoms in total. The average molecular weight is 430 g/mol. The molecule has 2 atom stereocenters. The van der Waals surface area contributed by atoms with Gasteiger partial charge < -0.3 is 25.7 Å². The van der Waals surface area contributed by atoms with E-state index in [1.807, 2.05) is 18.2 Å². The van der Waals surface area contributed by atoms with Gasteiger partial charge in [0.15, 0.2) is 0 Å². The number of aryl methyl sites for hydroxylation is 1. The lowest BCUT2D eigenvalue weighted by Crippen LogP contribution is -2.23. The van der Waals surface area contributed by atoms with Gasteiger partial charge in [-0.2, -0.15) is 0 Å². The van der Waals surface area contributed by atoms with Crippen LogP contribution < -0.4 is 5.32 Å². The van der Waals surface area contributed by atoms with E-state index in [9.17, 15) is 25.2 Å². The highest BCUT2D eigenvalue weighted by atomic mass is 16.4. The highest BCUT2D eigenvalue weighted by molar-refractivity contribution is 5.69. The Morgan fingerprint density at radius 3 is 2.35 bits per heavy atom. The zero-order valence-corrected chi connectivity index (χ0v) is 18.0. The highest BCUT2D eigenvalue weighted by Crippen LogP contribution is 2.22. The number of benzene rings is 2. The van der Waals surface area contributed by atoms with Crippen LogP contribution in [0.25, 0.3) is 0 Å². The van der Waals surface area contributed by atoms with Crippen molar-refractivity contribution in [2.45, 2.75) is 57.7 Å². The fraction of sp³-hybridized carbons (Fsp3) is 0.480. The maximum atomic E-state index is 11.5. The summed E-state index contributed by atoms with van der Waals surface area (Å²) in [4.78, 5) is 11.5. The first-order valence-electron chi connectivity index (χ1n) is 11.1. The third-order valence-electron chi connectivity index (χ3n) is 5.61. The van der Waals surface area contributed by atoms with E-state index in [1.165, 1.54) is 11.6 Å². The first kappa shape index (κ1) is 24.9. The summed E-state index contributed by atoms with van der Waals surface area (Å²) < 4.78 is 0. The molecule has 6 heteroatoms. The molecule has 31 heavy (non-hydrogen) atoms. The van der Waals surface area contributed by atoms with Gasteiger partial charge in [0.25, 0.3) is 0 Å². The van der Waals surface area contributed by atoms with Crippen LogP contribution in [0.2, 0.25) is 0 Å². The van der Waals surface area contributed by atoms with Crippen molar-refractivity contribution in [3.05, 3.63) is 65.2 Å². The number of carbonyl (C=O) groups is 1. The predicted octanol–water partition coefficient (Wildman–Crippen LogP) is 3.79. The molecule has 0 aliphatic rings. The average Bonchev–Trinajstić information content (AvgIpc) is 2.78. The number of nitrogens with one attached hydrogen (secondary N) is 1. The molecule has 0 fully saturated rings. The highest BCUT2D eigenvalue weighted by Gasteiger charge is 2.16. The van der Waals surface area contributed by atoms with Gasteiger partial charge in [0.05, 0.1) is 18.6 Å². The lowest BCUT2D eigenvalue weighted by atomic mass is 9.95. The van der Waals surface area contributed by atoms with Gasteiger partial charge in [0.1, 0.15) is 5.75 Å². The fourth-order valence-corrected chi connectivity index (χ4v) is 3.69. The van der Waals surface area contributed by atoms with Crippen LogP contribution in [-0.4, -0.2) is 39.5 Å². The van der Waals surface area contributed by atoms with Crippen molar-refractivity contribution in [2.24, 2.45) is 5.92 Å². The standard InChI is InChI=1S/C25H35NO5/c27-18-22-16-21(13-14-23(22)28)24(29)17-26-15-7-6-12-20(25(30)31)11-5-4-10-19-8-2-1-3-9-19/h1-3,8-9,13-14,16,20,24,26-29H,4-7,10-12,15,17-18H2,(H,30,31). The summed E-state index contributed by atoms with van der Waals surface area (Å²) in [7, 11) is 0.